The second-order valence-corrected chi connectivity index (χ2v) is 1.15. The summed E-state index contributed by atoms with van der Waals surface area (Å²) in [7, 11) is 0. The van der Waals surface area contributed by atoms with Crippen molar-refractivity contribution < 1.29 is 0 Å². The molecule has 0 fully saturated rings. The van der Waals surface area contributed by atoms with Crippen molar-refractivity contribution in [3.05, 3.63) is 37.0 Å². The van der Waals surface area contributed by atoms with Gasteiger partial charge in [-0.05, 0) is 6.92 Å². The summed E-state index contributed by atoms with van der Waals surface area (Å²) in [6, 6.07) is 0. The third-order valence-corrected chi connectivity index (χ3v) is 0.551. The van der Waals surface area contributed by atoms with Crippen molar-refractivity contribution >= 4 is 0 Å². The van der Waals surface area contributed by atoms with E-state index >= 15 is 0 Å². The average molecular weight is 140 g/mol. The van der Waals surface area contributed by atoms with Crippen molar-refractivity contribution in [2.75, 3.05) is 0 Å². The smallest absolute Gasteiger partial charge is 0.0467 e. The number of hydrogen-bond acceptors (Lipinski definition) is 0. The summed E-state index contributed by atoms with van der Waals surface area (Å²) in [6.07, 6.45) is 9.51. The summed E-state index contributed by atoms with van der Waals surface area (Å²) in [5.74, 6) is 0. The van der Waals surface area contributed by atoms with E-state index in [0.717, 1.165) is 0 Å². The molecular formula is C10H20. The van der Waals surface area contributed by atoms with E-state index in [2.05, 4.69) is 6.58 Å². The fourth-order valence-electron chi connectivity index (χ4n) is 0.254. The Labute approximate surface area is 66.0 Å². The molecule has 0 spiro atoms. The van der Waals surface area contributed by atoms with Gasteiger partial charge in [-0.3, -0.25) is 0 Å². The minimum atomic E-state index is 0. The molecule has 0 aliphatic heterocycles. The second kappa shape index (κ2) is 24.1. The van der Waals surface area contributed by atoms with Crippen LogP contribution in [0.3, 0.4) is 0 Å². The van der Waals surface area contributed by atoms with Crippen LogP contribution in [0.15, 0.2) is 37.0 Å². The van der Waals surface area contributed by atoms with Gasteiger partial charge in [0, 0.05) is 0 Å². The van der Waals surface area contributed by atoms with Crippen LogP contribution in [0.25, 0.3) is 0 Å². The largest absolute Gasteiger partial charge is 0.0991 e. The van der Waals surface area contributed by atoms with Gasteiger partial charge in [-0.1, -0.05) is 58.2 Å². The molecule has 0 saturated carbocycles. The molecule has 0 aromatic rings. The quantitative estimate of drug-likeness (QED) is 0.509. The molecule has 0 aromatic carbocycles. The predicted octanol–water partition coefficient (Wildman–Crippen LogP) is 3.97. The van der Waals surface area contributed by atoms with Gasteiger partial charge in [0.05, 0.1) is 0 Å². The third kappa shape index (κ3) is 26.9. The molecular weight excluding hydrogens is 120 g/mol. The molecule has 0 aliphatic rings. The molecule has 0 nitrogen and oxygen atoms in total. The average Bonchev–Trinajstić information content (AvgIpc) is 1.94. The first-order valence-corrected chi connectivity index (χ1v) is 3.32. The highest BCUT2D eigenvalue weighted by atomic mass is 13.6. The van der Waals surface area contributed by atoms with Gasteiger partial charge in [0.25, 0.3) is 0 Å². The van der Waals surface area contributed by atoms with Gasteiger partial charge >= 0.3 is 0 Å². The van der Waals surface area contributed by atoms with Gasteiger partial charge in [0.1, 0.15) is 0 Å². The van der Waals surface area contributed by atoms with Gasteiger partial charge in [0.2, 0.25) is 0 Å². The Hall–Kier alpha value is -0.780. The summed E-state index contributed by atoms with van der Waals surface area (Å²) in [5, 5.41) is 0. The van der Waals surface area contributed by atoms with Crippen molar-refractivity contribution in [1.82, 2.24) is 0 Å². The predicted molar refractivity (Wildman–Crippen MR) is 52.2 cm³/mol. The highest BCUT2D eigenvalue weighted by Gasteiger charge is 1.52. The topological polar surface area (TPSA) is 0 Å². The molecule has 0 heteroatoms. The maximum atomic E-state index is 3.51. The first kappa shape index (κ1) is 16.1. The summed E-state index contributed by atoms with van der Waals surface area (Å²) in [6.45, 7) is 9.49. The van der Waals surface area contributed by atoms with Gasteiger partial charge in [-0.25, -0.2) is 0 Å². The molecule has 0 aromatic heterocycles. The van der Waals surface area contributed by atoms with Gasteiger partial charge in [0.15, 0.2) is 0 Å². The van der Waals surface area contributed by atoms with E-state index in [4.69, 9.17) is 0 Å². The molecule has 0 unspecified atom stereocenters. The fraction of sp³-hybridized carbons (Fsp3) is 0.400. The van der Waals surface area contributed by atoms with Crippen LogP contribution >= 0.6 is 0 Å². The third-order valence-electron chi connectivity index (χ3n) is 0.551. The molecule has 10 heavy (non-hydrogen) atoms. The van der Waals surface area contributed by atoms with Crippen LogP contribution in [-0.4, -0.2) is 0 Å². The second-order valence-electron chi connectivity index (χ2n) is 1.15. The minimum absolute atomic E-state index is 0. The Bertz CT molecular complexity index is 86.2. The molecule has 0 aliphatic carbocycles. The fourth-order valence-corrected chi connectivity index (χ4v) is 0.254. The molecule has 60 valence electrons. The van der Waals surface area contributed by atoms with Crippen LogP contribution in [0.2, 0.25) is 0 Å². The summed E-state index contributed by atoms with van der Waals surface area (Å²) < 4.78 is 0. The summed E-state index contributed by atoms with van der Waals surface area (Å²) >= 11 is 0. The van der Waals surface area contributed by atoms with Gasteiger partial charge < -0.3 is 0 Å². The van der Waals surface area contributed by atoms with E-state index < -0.39 is 0 Å². The Morgan fingerprint density at radius 3 is 1.80 bits per heavy atom. The molecule has 0 amide bonds. The van der Waals surface area contributed by atoms with Crippen LogP contribution in [0.4, 0.5) is 0 Å². The molecule has 0 N–H and O–H groups in total. The molecule has 0 radical (unpaired) electrons. The van der Waals surface area contributed by atoms with Crippen molar-refractivity contribution in [1.29, 1.82) is 0 Å². The lowest BCUT2D eigenvalue weighted by atomic mass is 10.4. The van der Waals surface area contributed by atoms with Gasteiger partial charge in [-0.2, -0.15) is 0 Å². The van der Waals surface area contributed by atoms with Crippen LogP contribution in [0, 0.1) is 0 Å². The van der Waals surface area contributed by atoms with Crippen molar-refractivity contribution in [2.45, 2.75) is 28.2 Å². The monoisotopic (exact) mass is 140 g/mol. The van der Waals surface area contributed by atoms with Crippen molar-refractivity contribution in [3.8, 4) is 0 Å². The highest BCUT2D eigenvalue weighted by Crippen LogP contribution is 1.74. The van der Waals surface area contributed by atoms with E-state index in [0.29, 0.717) is 0 Å². The van der Waals surface area contributed by atoms with Crippen LogP contribution < -0.4 is 0 Å². The summed E-state index contributed by atoms with van der Waals surface area (Å²) in [5.41, 5.74) is 0. The van der Waals surface area contributed by atoms with Crippen molar-refractivity contribution in [3.63, 3.8) is 0 Å². The molecule has 0 heterocycles. The number of rotatable bonds is 2. The maximum Gasteiger partial charge on any atom is -0.0467 e. The Balaban J connectivity index is -0.000000149. The van der Waals surface area contributed by atoms with Crippen LogP contribution in [0.1, 0.15) is 28.2 Å². The molecule has 0 rings (SSSR count). The standard InChI is InChI=1S/C7H10.C2H6.CH4/c1-3-5-7-6-4-2;1-2;/h3-7H,1H2,2H3;1-2H3;1H4/b6-4+,7-5-;;. The van der Waals surface area contributed by atoms with E-state index in [1.165, 1.54) is 0 Å². The van der Waals surface area contributed by atoms with Crippen LogP contribution in [-0.2, 0) is 0 Å². The first-order valence-electron chi connectivity index (χ1n) is 3.32. The zero-order chi connectivity index (χ0) is 7.54. The number of hydrogen-bond donors (Lipinski definition) is 0. The lowest BCUT2D eigenvalue weighted by Crippen LogP contribution is -1.43. The first-order chi connectivity index (χ1) is 4.41. The Kier molecular flexibility index (Phi) is 38.7. The Morgan fingerprint density at radius 1 is 1.00 bits per heavy atom. The van der Waals surface area contributed by atoms with E-state index in [9.17, 15) is 0 Å². The van der Waals surface area contributed by atoms with E-state index in [-0.39, 0.29) is 7.43 Å². The Morgan fingerprint density at radius 2 is 1.50 bits per heavy atom. The molecule has 0 bridgehead atoms. The van der Waals surface area contributed by atoms with E-state index in [1.807, 2.05) is 45.1 Å². The highest BCUT2D eigenvalue weighted by molar-refractivity contribution is 5.07. The minimum Gasteiger partial charge on any atom is -0.0991 e. The molecule has 0 saturated heterocycles. The SMILES string of the molecule is C.C=C/C=C\C=C\C.CC. The lowest BCUT2D eigenvalue weighted by molar-refractivity contribution is 1.50. The van der Waals surface area contributed by atoms with Crippen LogP contribution in [0.5, 0.6) is 0 Å². The van der Waals surface area contributed by atoms with E-state index in [1.54, 1.807) is 6.08 Å². The zero-order valence-electron chi connectivity index (χ0n) is 6.59. The normalized spacial score (nSPS) is 8.30. The number of allylic oxidation sites excluding steroid dienone is 5. The zero-order valence-corrected chi connectivity index (χ0v) is 6.59. The van der Waals surface area contributed by atoms with Gasteiger partial charge in [-0.15, -0.1) is 0 Å². The molecule has 0 atom stereocenters. The summed E-state index contributed by atoms with van der Waals surface area (Å²) in [4.78, 5) is 0. The lowest BCUT2D eigenvalue weighted by Gasteiger charge is -1.65. The van der Waals surface area contributed by atoms with Crippen molar-refractivity contribution in [2.24, 2.45) is 0 Å². The maximum absolute atomic E-state index is 3.51.